The van der Waals surface area contributed by atoms with Gasteiger partial charge in [0.1, 0.15) is 5.75 Å². The van der Waals surface area contributed by atoms with Crippen LogP contribution in [0.25, 0.3) is 0 Å². The first-order valence-electron chi connectivity index (χ1n) is 9.56. The highest BCUT2D eigenvalue weighted by molar-refractivity contribution is 5.97. The van der Waals surface area contributed by atoms with Crippen LogP contribution in [0, 0.1) is 0 Å². The predicted octanol–water partition coefficient (Wildman–Crippen LogP) is 3.39. The molecule has 0 fully saturated rings. The minimum absolute atomic E-state index is 0.109. The Morgan fingerprint density at radius 2 is 1.52 bits per heavy atom. The van der Waals surface area contributed by atoms with Gasteiger partial charge in [0, 0.05) is 17.7 Å². The van der Waals surface area contributed by atoms with E-state index in [1.165, 1.54) is 5.56 Å². The highest BCUT2D eigenvalue weighted by atomic mass is 16.5. The molecule has 2 rings (SSSR count). The van der Waals surface area contributed by atoms with Crippen LogP contribution in [-0.2, 0) is 9.59 Å². The van der Waals surface area contributed by atoms with Gasteiger partial charge in [0.05, 0.1) is 0 Å². The number of anilines is 1. The SMILES string of the molecule is CCC(=O)Nc1ccc(C(=O)NNC(=O)C(C)Oc2ccc(C(C)C)cc2)cc1. The van der Waals surface area contributed by atoms with E-state index >= 15 is 0 Å². The number of carbonyl (C=O) groups excluding carboxylic acids is 3. The summed E-state index contributed by atoms with van der Waals surface area (Å²) in [5.74, 6) is -0.0642. The number of amides is 3. The van der Waals surface area contributed by atoms with E-state index in [1.807, 2.05) is 24.3 Å². The molecule has 1 atom stereocenters. The number of nitrogens with one attached hydrogen (secondary N) is 3. The second-order valence-electron chi connectivity index (χ2n) is 6.91. The lowest BCUT2D eigenvalue weighted by molar-refractivity contribution is -0.128. The normalized spacial score (nSPS) is 11.5. The van der Waals surface area contributed by atoms with Gasteiger partial charge < -0.3 is 10.1 Å². The average Bonchev–Trinajstić information content (AvgIpc) is 2.72. The molecule has 154 valence electrons. The lowest BCUT2D eigenvalue weighted by Gasteiger charge is -2.16. The summed E-state index contributed by atoms with van der Waals surface area (Å²) in [6.07, 6.45) is -0.414. The highest BCUT2D eigenvalue weighted by Crippen LogP contribution is 2.19. The minimum Gasteiger partial charge on any atom is -0.481 e. The van der Waals surface area contributed by atoms with Crippen molar-refractivity contribution in [2.75, 3.05) is 5.32 Å². The van der Waals surface area contributed by atoms with Gasteiger partial charge in [0.25, 0.3) is 11.8 Å². The number of ether oxygens (including phenoxy) is 1. The molecule has 7 nitrogen and oxygen atoms in total. The summed E-state index contributed by atoms with van der Waals surface area (Å²) in [6, 6.07) is 13.9. The zero-order valence-corrected chi connectivity index (χ0v) is 17.1. The molecule has 0 saturated carbocycles. The van der Waals surface area contributed by atoms with Crippen LogP contribution < -0.4 is 20.9 Å². The maximum absolute atomic E-state index is 12.2. The fourth-order valence-electron chi connectivity index (χ4n) is 2.44. The van der Waals surface area contributed by atoms with E-state index in [0.717, 1.165) is 0 Å². The van der Waals surface area contributed by atoms with Crippen LogP contribution in [-0.4, -0.2) is 23.8 Å². The number of hydrogen-bond acceptors (Lipinski definition) is 4. The third-order valence-electron chi connectivity index (χ3n) is 4.28. The molecule has 0 aliphatic heterocycles. The van der Waals surface area contributed by atoms with E-state index in [-0.39, 0.29) is 5.91 Å². The van der Waals surface area contributed by atoms with Gasteiger partial charge in [-0.05, 0) is 54.8 Å². The second kappa shape index (κ2) is 10.3. The molecule has 3 amide bonds. The van der Waals surface area contributed by atoms with Crippen LogP contribution in [0.15, 0.2) is 48.5 Å². The van der Waals surface area contributed by atoms with Crippen molar-refractivity contribution in [3.63, 3.8) is 0 Å². The van der Waals surface area contributed by atoms with Gasteiger partial charge >= 0.3 is 0 Å². The van der Waals surface area contributed by atoms with E-state index in [1.54, 1.807) is 38.1 Å². The zero-order valence-electron chi connectivity index (χ0n) is 17.1. The van der Waals surface area contributed by atoms with Crippen LogP contribution in [0.5, 0.6) is 5.75 Å². The Balaban J connectivity index is 1.84. The second-order valence-corrected chi connectivity index (χ2v) is 6.91. The van der Waals surface area contributed by atoms with Gasteiger partial charge in [-0.15, -0.1) is 0 Å². The monoisotopic (exact) mass is 397 g/mol. The average molecular weight is 397 g/mol. The quantitative estimate of drug-likeness (QED) is 0.624. The van der Waals surface area contributed by atoms with Crippen LogP contribution >= 0.6 is 0 Å². The number of hydrogen-bond donors (Lipinski definition) is 3. The summed E-state index contributed by atoms with van der Waals surface area (Å²) in [6.45, 7) is 7.56. The van der Waals surface area contributed by atoms with Gasteiger partial charge in [0.2, 0.25) is 5.91 Å². The van der Waals surface area contributed by atoms with Crippen LogP contribution in [0.2, 0.25) is 0 Å². The molecule has 0 bridgehead atoms. The molecule has 2 aromatic carbocycles. The molecule has 0 aliphatic carbocycles. The van der Waals surface area contributed by atoms with E-state index in [2.05, 4.69) is 30.0 Å². The fraction of sp³-hybridized carbons (Fsp3) is 0.318. The first-order chi connectivity index (χ1) is 13.8. The number of hydrazine groups is 1. The molecule has 29 heavy (non-hydrogen) atoms. The molecule has 0 spiro atoms. The third kappa shape index (κ3) is 6.64. The predicted molar refractivity (Wildman–Crippen MR) is 112 cm³/mol. The van der Waals surface area contributed by atoms with Gasteiger partial charge in [-0.1, -0.05) is 32.9 Å². The molecule has 2 aromatic rings. The lowest BCUT2D eigenvalue weighted by atomic mass is 10.0. The third-order valence-corrected chi connectivity index (χ3v) is 4.28. The first kappa shape index (κ1) is 21.9. The van der Waals surface area contributed by atoms with Crippen LogP contribution in [0.4, 0.5) is 5.69 Å². The van der Waals surface area contributed by atoms with E-state index in [9.17, 15) is 14.4 Å². The molecule has 0 radical (unpaired) electrons. The van der Waals surface area contributed by atoms with Crippen molar-refractivity contribution in [2.24, 2.45) is 0 Å². The van der Waals surface area contributed by atoms with Crippen molar-refractivity contribution >= 4 is 23.4 Å². The Morgan fingerprint density at radius 1 is 0.897 bits per heavy atom. The fourth-order valence-corrected chi connectivity index (χ4v) is 2.44. The minimum atomic E-state index is -0.785. The van der Waals surface area contributed by atoms with Crippen molar-refractivity contribution in [3.05, 3.63) is 59.7 Å². The smallest absolute Gasteiger partial charge is 0.279 e. The molecule has 1 unspecified atom stereocenters. The summed E-state index contributed by atoms with van der Waals surface area (Å²) in [5, 5.41) is 2.70. The number of rotatable bonds is 7. The summed E-state index contributed by atoms with van der Waals surface area (Å²) >= 11 is 0. The molecule has 0 aliphatic rings. The Kier molecular flexibility index (Phi) is 7.77. The molecular formula is C22H27N3O4. The van der Waals surface area contributed by atoms with Crippen LogP contribution in [0.1, 0.15) is 56.0 Å². The summed E-state index contributed by atoms with van der Waals surface area (Å²) < 4.78 is 5.61. The van der Waals surface area contributed by atoms with Crippen molar-refractivity contribution in [2.45, 2.75) is 46.1 Å². The van der Waals surface area contributed by atoms with E-state index < -0.39 is 17.9 Å². The maximum atomic E-state index is 12.2. The summed E-state index contributed by atoms with van der Waals surface area (Å²) in [5.41, 5.74) is 6.84. The van der Waals surface area contributed by atoms with Crippen molar-refractivity contribution in [1.82, 2.24) is 10.9 Å². The zero-order chi connectivity index (χ0) is 21.4. The van der Waals surface area contributed by atoms with Crippen molar-refractivity contribution in [1.29, 1.82) is 0 Å². The molecule has 0 aromatic heterocycles. The lowest BCUT2D eigenvalue weighted by Crippen LogP contribution is -2.47. The van der Waals surface area contributed by atoms with Crippen LogP contribution in [0.3, 0.4) is 0 Å². The van der Waals surface area contributed by atoms with E-state index in [0.29, 0.717) is 29.3 Å². The van der Waals surface area contributed by atoms with Crippen molar-refractivity contribution < 1.29 is 19.1 Å². The van der Waals surface area contributed by atoms with Gasteiger partial charge in [0.15, 0.2) is 6.10 Å². The van der Waals surface area contributed by atoms with Gasteiger partial charge in [-0.3, -0.25) is 25.2 Å². The number of benzene rings is 2. The van der Waals surface area contributed by atoms with Gasteiger partial charge in [-0.2, -0.15) is 0 Å². The molecule has 7 heteroatoms. The first-order valence-corrected chi connectivity index (χ1v) is 9.56. The summed E-state index contributed by atoms with van der Waals surface area (Å²) in [4.78, 5) is 35.7. The Morgan fingerprint density at radius 3 is 2.07 bits per heavy atom. The standard InChI is InChI=1S/C22H27N3O4/c1-5-20(26)23-18-10-6-17(7-11-18)22(28)25-24-21(27)15(4)29-19-12-8-16(9-13-19)14(2)3/h6-15H,5H2,1-4H3,(H,23,26)(H,24,27)(H,25,28). The van der Waals surface area contributed by atoms with Gasteiger partial charge in [-0.25, -0.2) is 0 Å². The van der Waals surface area contributed by atoms with Crippen molar-refractivity contribution in [3.8, 4) is 5.75 Å². The molecular weight excluding hydrogens is 370 g/mol. The molecule has 0 heterocycles. The Labute approximate surface area is 170 Å². The molecule has 0 saturated heterocycles. The maximum Gasteiger partial charge on any atom is 0.279 e. The Bertz CT molecular complexity index is 845. The topological polar surface area (TPSA) is 96.5 Å². The molecule has 3 N–H and O–H groups in total. The largest absolute Gasteiger partial charge is 0.481 e. The summed E-state index contributed by atoms with van der Waals surface area (Å²) in [7, 11) is 0. The highest BCUT2D eigenvalue weighted by Gasteiger charge is 2.16. The van der Waals surface area contributed by atoms with E-state index in [4.69, 9.17) is 4.74 Å². The Hall–Kier alpha value is -3.35. The number of carbonyl (C=O) groups is 3.